The van der Waals surface area contributed by atoms with Crippen molar-refractivity contribution >= 4 is 28.2 Å². The Balaban J connectivity index is 2.25. The summed E-state index contributed by atoms with van der Waals surface area (Å²) < 4.78 is 0. The third-order valence-electron chi connectivity index (χ3n) is 5.11. The highest BCUT2D eigenvalue weighted by atomic mass is 35.5. The number of nitrogens with zero attached hydrogens (tertiary/aromatic N) is 2. The van der Waals surface area contributed by atoms with Crippen LogP contribution in [0.4, 0.5) is 0 Å². The fraction of sp³-hybridized carbons (Fsp3) is 0.500. The summed E-state index contributed by atoms with van der Waals surface area (Å²) in [5, 5.41) is 23.2. The summed E-state index contributed by atoms with van der Waals surface area (Å²) >= 11 is 6.54. The van der Waals surface area contributed by atoms with Crippen molar-refractivity contribution in [2.45, 2.75) is 53.6 Å². The lowest BCUT2D eigenvalue weighted by Gasteiger charge is -2.43. The van der Waals surface area contributed by atoms with E-state index in [0.29, 0.717) is 11.4 Å². The molecule has 134 valence electrons. The van der Waals surface area contributed by atoms with Crippen molar-refractivity contribution in [3.05, 3.63) is 40.4 Å². The van der Waals surface area contributed by atoms with Crippen molar-refractivity contribution in [2.24, 2.45) is 10.8 Å². The number of allylic oxidation sites excluding steroid dienone is 2. The zero-order valence-electron chi connectivity index (χ0n) is 15.7. The quantitative estimate of drug-likeness (QED) is 0.740. The Hall–Kier alpha value is -1.65. The molecule has 2 N–H and O–H groups in total. The second-order valence-electron chi connectivity index (χ2n) is 8.98. The van der Waals surface area contributed by atoms with Crippen molar-refractivity contribution in [1.82, 2.24) is 15.4 Å². The van der Waals surface area contributed by atoms with Crippen LogP contribution in [-0.2, 0) is 0 Å². The first kappa shape index (κ1) is 18.2. The summed E-state index contributed by atoms with van der Waals surface area (Å²) in [6.07, 6.45) is 4.66. The first-order valence-corrected chi connectivity index (χ1v) is 8.96. The largest absolute Gasteiger partial charge is 0.385 e. The molecular formula is C20H26ClN3O. The normalized spacial score (nSPS) is 22.1. The minimum atomic E-state index is -0.963. The monoisotopic (exact) mass is 359 g/mol. The summed E-state index contributed by atoms with van der Waals surface area (Å²) in [6.45, 7) is 12.6. The van der Waals surface area contributed by atoms with E-state index < -0.39 is 5.60 Å². The van der Waals surface area contributed by atoms with Gasteiger partial charge in [-0.3, -0.25) is 0 Å². The number of fused-ring (bicyclic) bond motifs is 1. The molecule has 1 unspecified atom stereocenters. The molecule has 25 heavy (non-hydrogen) atoms. The predicted molar refractivity (Wildman–Crippen MR) is 103 cm³/mol. The fourth-order valence-electron chi connectivity index (χ4n) is 3.15. The smallest absolute Gasteiger partial charge is 0.121 e. The number of hydrogen-bond acceptors (Lipinski definition) is 3. The van der Waals surface area contributed by atoms with Gasteiger partial charge in [0.1, 0.15) is 11.0 Å². The average molecular weight is 360 g/mol. The summed E-state index contributed by atoms with van der Waals surface area (Å²) in [5.41, 5.74) is 3.09. The average Bonchev–Trinajstić information content (AvgIpc) is 2.92. The molecule has 1 aromatic carbocycles. The van der Waals surface area contributed by atoms with E-state index in [1.54, 1.807) is 0 Å². The molecule has 1 atom stereocenters. The molecule has 1 aliphatic carbocycles. The Morgan fingerprint density at radius 3 is 2.40 bits per heavy atom. The van der Waals surface area contributed by atoms with Crippen LogP contribution in [0.25, 0.3) is 16.6 Å². The zero-order valence-corrected chi connectivity index (χ0v) is 16.5. The Kier molecular flexibility index (Phi) is 4.12. The van der Waals surface area contributed by atoms with E-state index in [4.69, 9.17) is 11.6 Å². The first-order chi connectivity index (χ1) is 11.4. The van der Waals surface area contributed by atoms with E-state index in [1.807, 2.05) is 18.2 Å². The molecule has 1 heterocycles. The fourth-order valence-corrected chi connectivity index (χ4v) is 3.42. The maximum atomic E-state index is 11.5. The number of aliphatic hydroxyl groups is 1. The molecule has 3 rings (SSSR count). The van der Waals surface area contributed by atoms with Gasteiger partial charge in [-0.1, -0.05) is 59.2 Å². The van der Waals surface area contributed by atoms with E-state index in [-0.39, 0.29) is 10.8 Å². The lowest BCUT2D eigenvalue weighted by Crippen LogP contribution is -2.43. The highest BCUT2D eigenvalue weighted by molar-refractivity contribution is 6.33. The molecule has 2 aromatic rings. The lowest BCUT2D eigenvalue weighted by molar-refractivity contribution is -0.0112. The molecule has 4 nitrogen and oxygen atoms in total. The molecule has 1 aromatic heterocycles. The third kappa shape index (κ3) is 3.13. The van der Waals surface area contributed by atoms with Crippen LogP contribution in [0.3, 0.4) is 0 Å². The van der Waals surface area contributed by atoms with Crippen LogP contribution in [0.5, 0.6) is 0 Å². The number of aromatic amines is 1. The SMILES string of the molecule is CC(C)(C)C1=CC(O)(C(C)(C)C)CC(c2c(Cl)ccc3n[nH]nc23)=C1. The summed E-state index contributed by atoms with van der Waals surface area (Å²) in [7, 11) is 0. The third-order valence-corrected chi connectivity index (χ3v) is 5.42. The van der Waals surface area contributed by atoms with Crippen LogP contribution in [0.15, 0.2) is 29.9 Å². The van der Waals surface area contributed by atoms with Gasteiger partial charge in [0.25, 0.3) is 0 Å². The number of benzene rings is 1. The molecule has 0 saturated carbocycles. The van der Waals surface area contributed by atoms with E-state index in [1.165, 1.54) is 0 Å². The number of aromatic nitrogens is 3. The maximum Gasteiger partial charge on any atom is 0.121 e. The molecule has 0 radical (unpaired) electrons. The van der Waals surface area contributed by atoms with E-state index in [2.05, 4.69) is 63.0 Å². The Bertz CT molecular complexity index is 880. The van der Waals surface area contributed by atoms with Crippen molar-refractivity contribution in [2.75, 3.05) is 0 Å². The highest BCUT2D eigenvalue weighted by Crippen LogP contribution is 2.47. The van der Waals surface area contributed by atoms with Crippen molar-refractivity contribution in [3.63, 3.8) is 0 Å². The van der Waals surface area contributed by atoms with Gasteiger partial charge in [0, 0.05) is 12.0 Å². The van der Waals surface area contributed by atoms with Crippen molar-refractivity contribution in [1.29, 1.82) is 0 Å². The number of halogens is 1. The van der Waals surface area contributed by atoms with Crippen LogP contribution < -0.4 is 0 Å². The second-order valence-corrected chi connectivity index (χ2v) is 9.39. The second kappa shape index (κ2) is 5.68. The van der Waals surface area contributed by atoms with Gasteiger partial charge >= 0.3 is 0 Å². The zero-order chi connectivity index (χ0) is 18.6. The standard InChI is InChI=1S/C20H26ClN3O/c1-18(2,3)13-9-12(10-20(25,11-13)19(4,5)6)16-14(21)7-8-15-17(16)23-24-22-15/h7-9,11,25H,10H2,1-6H3,(H,22,23,24). The Morgan fingerprint density at radius 1 is 1.12 bits per heavy atom. The van der Waals surface area contributed by atoms with Gasteiger partial charge in [-0.15, -0.1) is 0 Å². The number of nitrogens with one attached hydrogen (secondary N) is 1. The van der Waals surface area contributed by atoms with E-state index in [9.17, 15) is 5.11 Å². The van der Waals surface area contributed by atoms with Crippen molar-refractivity contribution in [3.8, 4) is 0 Å². The van der Waals surface area contributed by atoms with Crippen LogP contribution in [0.2, 0.25) is 5.02 Å². The molecular weight excluding hydrogens is 334 g/mol. The summed E-state index contributed by atoms with van der Waals surface area (Å²) in [6, 6.07) is 3.69. The van der Waals surface area contributed by atoms with Gasteiger partial charge in [-0.25, -0.2) is 0 Å². The molecule has 0 spiro atoms. The molecule has 0 amide bonds. The Morgan fingerprint density at radius 2 is 1.80 bits per heavy atom. The molecule has 0 fully saturated rings. The minimum absolute atomic E-state index is 0.0882. The van der Waals surface area contributed by atoms with Crippen molar-refractivity contribution < 1.29 is 5.11 Å². The number of hydrogen-bond donors (Lipinski definition) is 2. The van der Waals surface area contributed by atoms with Gasteiger partial charge in [-0.2, -0.15) is 15.4 Å². The molecule has 0 saturated heterocycles. The van der Waals surface area contributed by atoms with Gasteiger partial charge < -0.3 is 5.11 Å². The van der Waals surface area contributed by atoms with Crippen LogP contribution in [0, 0.1) is 10.8 Å². The number of H-pyrrole nitrogens is 1. The molecule has 0 aliphatic heterocycles. The van der Waals surface area contributed by atoms with Crippen LogP contribution in [-0.4, -0.2) is 26.1 Å². The van der Waals surface area contributed by atoms with E-state index >= 15 is 0 Å². The first-order valence-electron chi connectivity index (χ1n) is 8.58. The number of rotatable bonds is 1. The van der Waals surface area contributed by atoms with Gasteiger partial charge in [-0.05, 0) is 40.2 Å². The van der Waals surface area contributed by atoms with Gasteiger partial charge in [0.2, 0.25) is 0 Å². The van der Waals surface area contributed by atoms with Gasteiger partial charge in [0.15, 0.2) is 0 Å². The summed E-state index contributed by atoms with van der Waals surface area (Å²) in [4.78, 5) is 0. The highest BCUT2D eigenvalue weighted by Gasteiger charge is 2.42. The molecule has 0 bridgehead atoms. The van der Waals surface area contributed by atoms with Gasteiger partial charge in [0.05, 0.1) is 10.6 Å². The maximum absolute atomic E-state index is 11.5. The van der Waals surface area contributed by atoms with E-state index in [0.717, 1.165) is 27.7 Å². The summed E-state index contributed by atoms with van der Waals surface area (Å²) in [5.74, 6) is 0. The van der Waals surface area contributed by atoms with Crippen LogP contribution >= 0.6 is 11.6 Å². The topological polar surface area (TPSA) is 61.8 Å². The Labute approximate surface area is 154 Å². The molecule has 1 aliphatic rings. The lowest BCUT2D eigenvalue weighted by atomic mass is 9.66. The predicted octanol–water partition coefficient (Wildman–Crippen LogP) is 5.15. The van der Waals surface area contributed by atoms with Crippen LogP contribution in [0.1, 0.15) is 53.5 Å². The minimum Gasteiger partial charge on any atom is -0.385 e. The molecule has 5 heteroatoms.